The average Bonchev–Trinajstić information content (AvgIpc) is 3.05. The molecule has 2 amide bonds. The lowest BCUT2D eigenvalue weighted by Crippen LogP contribution is -2.28. The monoisotopic (exact) mass is 427 g/mol. The average molecular weight is 428 g/mol. The van der Waals surface area contributed by atoms with Crippen LogP contribution < -0.4 is 20.7 Å². The number of benzene rings is 2. The predicted molar refractivity (Wildman–Crippen MR) is 109 cm³/mol. The molecule has 0 radical (unpaired) electrons. The molecule has 28 heavy (non-hydrogen) atoms. The van der Waals surface area contributed by atoms with E-state index >= 15 is 0 Å². The fourth-order valence-corrected chi connectivity index (χ4v) is 2.96. The second-order valence-corrected chi connectivity index (χ2v) is 6.56. The summed E-state index contributed by atoms with van der Waals surface area (Å²) < 4.78 is 19.0. The normalized spacial score (nSPS) is 15.9. The van der Waals surface area contributed by atoms with E-state index in [1.54, 1.807) is 30.3 Å². The molecule has 0 aromatic heterocycles. The van der Waals surface area contributed by atoms with Crippen molar-refractivity contribution >= 4 is 47.2 Å². The zero-order chi connectivity index (χ0) is 19.4. The summed E-state index contributed by atoms with van der Waals surface area (Å²) in [6.45, 7) is 1.02. The van der Waals surface area contributed by atoms with E-state index in [0.29, 0.717) is 30.3 Å². The van der Waals surface area contributed by atoms with Gasteiger partial charge in [-0.15, -0.1) is 12.4 Å². The lowest BCUT2D eigenvalue weighted by atomic mass is 10.1. The van der Waals surface area contributed by atoms with Crippen LogP contribution in [0.25, 0.3) is 0 Å². The highest BCUT2D eigenvalue weighted by atomic mass is 35.5. The molecular formula is C19H20Cl2FN3O3. The number of hydrogen-bond donors (Lipinski definition) is 2. The maximum atomic E-state index is 13.6. The molecule has 6 nitrogen and oxygen atoms in total. The van der Waals surface area contributed by atoms with Crippen molar-refractivity contribution in [3.63, 3.8) is 0 Å². The largest absolute Gasteiger partial charge is 0.492 e. The molecule has 2 aromatic rings. The zero-order valence-corrected chi connectivity index (χ0v) is 16.4. The van der Waals surface area contributed by atoms with Gasteiger partial charge >= 0.3 is 0 Å². The van der Waals surface area contributed by atoms with Crippen LogP contribution in [-0.2, 0) is 9.59 Å². The fourth-order valence-electron chi connectivity index (χ4n) is 2.84. The molecule has 2 aromatic carbocycles. The van der Waals surface area contributed by atoms with Crippen molar-refractivity contribution in [2.45, 2.75) is 6.42 Å². The van der Waals surface area contributed by atoms with Gasteiger partial charge in [-0.25, -0.2) is 4.39 Å². The van der Waals surface area contributed by atoms with E-state index in [0.717, 1.165) is 0 Å². The molecule has 1 aliphatic heterocycles. The van der Waals surface area contributed by atoms with E-state index < -0.39 is 11.7 Å². The second kappa shape index (κ2) is 9.73. The number of hydrogen-bond acceptors (Lipinski definition) is 4. The molecule has 0 aliphatic carbocycles. The molecule has 3 rings (SSSR count). The number of nitrogens with two attached hydrogens (primary N) is 1. The summed E-state index contributed by atoms with van der Waals surface area (Å²) in [5, 5.41) is 2.77. The number of halogens is 3. The molecule has 1 saturated heterocycles. The molecular weight excluding hydrogens is 408 g/mol. The minimum Gasteiger partial charge on any atom is -0.492 e. The minimum absolute atomic E-state index is 0. The van der Waals surface area contributed by atoms with E-state index in [2.05, 4.69) is 5.32 Å². The second-order valence-electron chi connectivity index (χ2n) is 6.15. The number of rotatable bonds is 6. The molecule has 0 saturated carbocycles. The van der Waals surface area contributed by atoms with Gasteiger partial charge in [-0.1, -0.05) is 11.6 Å². The summed E-state index contributed by atoms with van der Waals surface area (Å²) >= 11 is 5.67. The summed E-state index contributed by atoms with van der Waals surface area (Å²) in [5.74, 6) is -0.972. The van der Waals surface area contributed by atoms with Gasteiger partial charge in [-0.2, -0.15) is 0 Å². The molecule has 0 spiro atoms. The Morgan fingerprint density at radius 2 is 2.00 bits per heavy atom. The van der Waals surface area contributed by atoms with Gasteiger partial charge in [0.1, 0.15) is 18.2 Å². The molecule has 1 fully saturated rings. The van der Waals surface area contributed by atoms with Gasteiger partial charge < -0.3 is 20.7 Å². The van der Waals surface area contributed by atoms with Crippen LogP contribution in [-0.4, -0.2) is 31.5 Å². The summed E-state index contributed by atoms with van der Waals surface area (Å²) in [6.07, 6.45) is 0.0633. The Kier molecular flexibility index (Phi) is 7.62. The number of anilines is 2. The Balaban J connectivity index is 0.00000280. The van der Waals surface area contributed by atoms with E-state index in [4.69, 9.17) is 22.1 Å². The number of carbonyl (C=O) groups excluding carboxylic acids is 2. The van der Waals surface area contributed by atoms with Crippen molar-refractivity contribution in [2.24, 2.45) is 11.7 Å². The van der Waals surface area contributed by atoms with Crippen molar-refractivity contribution in [1.82, 2.24) is 0 Å². The molecule has 1 unspecified atom stereocenters. The Labute approximate surface area is 173 Å². The molecule has 1 aliphatic rings. The number of ether oxygens (including phenoxy) is 1. The predicted octanol–water partition coefficient (Wildman–Crippen LogP) is 3.23. The van der Waals surface area contributed by atoms with Crippen molar-refractivity contribution in [3.8, 4) is 5.75 Å². The lowest BCUT2D eigenvalue weighted by molar-refractivity contribution is -0.122. The highest BCUT2D eigenvalue weighted by Gasteiger charge is 2.35. The van der Waals surface area contributed by atoms with Crippen molar-refractivity contribution < 1.29 is 18.7 Å². The Morgan fingerprint density at radius 1 is 1.29 bits per heavy atom. The number of amides is 2. The van der Waals surface area contributed by atoms with E-state index in [1.807, 2.05) is 0 Å². The highest BCUT2D eigenvalue weighted by molar-refractivity contribution is 6.30. The van der Waals surface area contributed by atoms with Crippen LogP contribution in [0.5, 0.6) is 5.75 Å². The van der Waals surface area contributed by atoms with Gasteiger partial charge in [0.2, 0.25) is 11.8 Å². The van der Waals surface area contributed by atoms with Crippen LogP contribution in [0.15, 0.2) is 42.5 Å². The SMILES string of the molecule is Cl.NCCOc1ccc(NC(=O)C2CC(=O)N(c3ccc(Cl)c(F)c3)C2)cc1. The summed E-state index contributed by atoms with van der Waals surface area (Å²) in [4.78, 5) is 26.1. The topological polar surface area (TPSA) is 84.7 Å². The molecule has 0 bridgehead atoms. The Morgan fingerprint density at radius 3 is 2.64 bits per heavy atom. The third-order valence-electron chi connectivity index (χ3n) is 4.22. The van der Waals surface area contributed by atoms with E-state index in [-0.39, 0.29) is 42.2 Å². The van der Waals surface area contributed by atoms with Gasteiger partial charge in [-0.3, -0.25) is 9.59 Å². The number of nitrogens with one attached hydrogen (secondary N) is 1. The highest BCUT2D eigenvalue weighted by Crippen LogP contribution is 2.28. The molecule has 3 N–H and O–H groups in total. The Hall–Kier alpha value is -2.35. The molecule has 1 heterocycles. The molecule has 150 valence electrons. The minimum atomic E-state index is -0.605. The van der Waals surface area contributed by atoms with E-state index in [9.17, 15) is 14.0 Å². The first-order chi connectivity index (χ1) is 13.0. The summed E-state index contributed by atoms with van der Waals surface area (Å²) in [7, 11) is 0. The first-order valence-electron chi connectivity index (χ1n) is 8.47. The van der Waals surface area contributed by atoms with Gasteiger partial charge in [0.05, 0.1) is 10.9 Å². The van der Waals surface area contributed by atoms with Crippen LogP contribution in [0.2, 0.25) is 5.02 Å². The van der Waals surface area contributed by atoms with Gasteiger partial charge in [0.25, 0.3) is 0 Å². The van der Waals surface area contributed by atoms with Crippen LogP contribution in [0.3, 0.4) is 0 Å². The number of carbonyl (C=O) groups is 2. The first kappa shape index (κ1) is 21.9. The first-order valence-corrected chi connectivity index (χ1v) is 8.85. The van der Waals surface area contributed by atoms with Crippen LogP contribution in [0, 0.1) is 11.7 Å². The zero-order valence-electron chi connectivity index (χ0n) is 14.9. The maximum absolute atomic E-state index is 13.6. The fraction of sp³-hybridized carbons (Fsp3) is 0.263. The molecule has 9 heteroatoms. The molecule has 1 atom stereocenters. The van der Waals surface area contributed by atoms with E-state index in [1.165, 1.54) is 17.0 Å². The van der Waals surface area contributed by atoms with Gasteiger partial charge in [-0.05, 0) is 42.5 Å². The number of nitrogens with zero attached hydrogens (tertiary/aromatic N) is 1. The quantitative estimate of drug-likeness (QED) is 0.740. The standard InChI is InChI=1S/C19H19ClFN3O3.ClH/c20-16-6-3-14(10-17(16)21)24-11-12(9-18(24)25)19(26)23-13-1-4-15(5-2-13)27-8-7-22;/h1-6,10,12H,7-9,11,22H2,(H,23,26);1H. The lowest BCUT2D eigenvalue weighted by Gasteiger charge is -2.17. The smallest absolute Gasteiger partial charge is 0.229 e. The van der Waals surface area contributed by atoms with Crippen LogP contribution in [0.1, 0.15) is 6.42 Å². The van der Waals surface area contributed by atoms with Crippen molar-refractivity contribution in [2.75, 3.05) is 29.9 Å². The van der Waals surface area contributed by atoms with Gasteiger partial charge in [0, 0.05) is 30.9 Å². The third kappa shape index (κ3) is 5.13. The Bertz CT molecular complexity index is 849. The van der Waals surface area contributed by atoms with Crippen molar-refractivity contribution in [3.05, 3.63) is 53.3 Å². The van der Waals surface area contributed by atoms with Crippen LogP contribution in [0.4, 0.5) is 15.8 Å². The summed E-state index contributed by atoms with van der Waals surface area (Å²) in [6, 6.07) is 11.0. The van der Waals surface area contributed by atoms with Crippen LogP contribution >= 0.6 is 24.0 Å². The van der Waals surface area contributed by atoms with Crippen molar-refractivity contribution in [1.29, 1.82) is 0 Å². The third-order valence-corrected chi connectivity index (χ3v) is 4.53. The maximum Gasteiger partial charge on any atom is 0.229 e. The summed E-state index contributed by atoms with van der Waals surface area (Å²) in [5.41, 5.74) is 6.37. The van der Waals surface area contributed by atoms with Gasteiger partial charge in [0.15, 0.2) is 0 Å².